The molecule has 0 aliphatic carbocycles. The molecule has 1 aliphatic rings. The fourth-order valence-corrected chi connectivity index (χ4v) is 3.45. The van der Waals surface area contributed by atoms with Crippen LogP contribution in [-0.2, 0) is 13.1 Å². The third-order valence-electron chi connectivity index (χ3n) is 4.76. The largest absolute Gasteiger partial charge is 0.493 e. The minimum Gasteiger partial charge on any atom is -0.493 e. The zero-order valence-electron chi connectivity index (χ0n) is 16.9. The SMILES string of the molecule is COc1cc(CN(C)Cc2noc(C)n2)ccc1OC[C@H](O)CN1CCCC1. The zero-order valence-corrected chi connectivity index (χ0v) is 16.9. The Hall–Kier alpha value is -2.16. The minimum atomic E-state index is -0.507. The number of β-amino-alcohol motifs (C(OH)–C–C–N with tert-alkyl or cyclic N) is 1. The molecule has 0 bridgehead atoms. The molecule has 1 atom stereocenters. The number of benzene rings is 1. The summed E-state index contributed by atoms with van der Waals surface area (Å²) in [6.45, 7) is 6.12. The second-order valence-electron chi connectivity index (χ2n) is 7.36. The third kappa shape index (κ3) is 5.92. The summed E-state index contributed by atoms with van der Waals surface area (Å²) in [4.78, 5) is 8.60. The fourth-order valence-electron chi connectivity index (χ4n) is 3.45. The Morgan fingerprint density at radius 3 is 2.71 bits per heavy atom. The Morgan fingerprint density at radius 1 is 1.25 bits per heavy atom. The van der Waals surface area contributed by atoms with Crippen molar-refractivity contribution in [3.63, 3.8) is 0 Å². The van der Waals surface area contributed by atoms with Gasteiger partial charge in [0.1, 0.15) is 12.7 Å². The van der Waals surface area contributed by atoms with E-state index >= 15 is 0 Å². The van der Waals surface area contributed by atoms with E-state index in [0.29, 0.717) is 42.8 Å². The Balaban J connectivity index is 1.52. The number of aryl methyl sites for hydroxylation is 1. The van der Waals surface area contributed by atoms with E-state index in [-0.39, 0.29) is 6.61 Å². The Kier molecular flexibility index (Phi) is 7.24. The molecule has 1 saturated heterocycles. The summed E-state index contributed by atoms with van der Waals surface area (Å²) in [5.74, 6) is 2.54. The quantitative estimate of drug-likeness (QED) is 0.658. The molecule has 0 radical (unpaired) electrons. The molecule has 1 aromatic carbocycles. The average molecular weight is 390 g/mol. The maximum absolute atomic E-state index is 10.2. The van der Waals surface area contributed by atoms with Crippen LogP contribution in [0.3, 0.4) is 0 Å². The van der Waals surface area contributed by atoms with Crippen LogP contribution in [0.5, 0.6) is 11.5 Å². The van der Waals surface area contributed by atoms with E-state index < -0.39 is 6.10 Å². The topological polar surface area (TPSA) is 84.1 Å². The van der Waals surface area contributed by atoms with Gasteiger partial charge in [-0.05, 0) is 50.7 Å². The number of aliphatic hydroxyl groups is 1. The van der Waals surface area contributed by atoms with E-state index in [4.69, 9.17) is 14.0 Å². The summed E-state index contributed by atoms with van der Waals surface area (Å²) in [7, 11) is 3.62. The average Bonchev–Trinajstić information content (AvgIpc) is 3.32. The molecule has 1 N–H and O–H groups in total. The molecular formula is C20H30N4O4. The summed E-state index contributed by atoms with van der Waals surface area (Å²) in [6.07, 6.45) is 1.92. The molecule has 3 rings (SSSR count). The lowest BCUT2D eigenvalue weighted by atomic mass is 10.2. The molecule has 0 saturated carbocycles. The van der Waals surface area contributed by atoms with Gasteiger partial charge in [-0.3, -0.25) is 4.90 Å². The molecule has 8 nitrogen and oxygen atoms in total. The fraction of sp³-hybridized carbons (Fsp3) is 0.600. The van der Waals surface area contributed by atoms with Crippen LogP contribution in [0.1, 0.15) is 30.1 Å². The monoisotopic (exact) mass is 390 g/mol. The zero-order chi connectivity index (χ0) is 19.9. The predicted octanol–water partition coefficient (Wildman–Crippen LogP) is 1.85. The van der Waals surface area contributed by atoms with Crippen LogP contribution in [0.2, 0.25) is 0 Å². The Morgan fingerprint density at radius 2 is 2.04 bits per heavy atom. The normalized spacial score (nSPS) is 15.9. The van der Waals surface area contributed by atoms with Gasteiger partial charge in [0.05, 0.1) is 13.7 Å². The van der Waals surface area contributed by atoms with Crippen LogP contribution in [0.15, 0.2) is 22.7 Å². The number of rotatable bonds is 10. The third-order valence-corrected chi connectivity index (χ3v) is 4.76. The van der Waals surface area contributed by atoms with E-state index in [9.17, 15) is 5.11 Å². The van der Waals surface area contributed by atoms with Crippen LogP contribution in [-0.4, -0.2) is 71.5 Å². The number of likely N-dealkylation sites (tertiary alicyclic amines) is 1. The van der Waals surface area contributed by atoms with Crippen molar-refractivity contribution in [2.75, 3.05) is 40.4 Å². The molecule has 2 heterocycles. The first-order valence-electron chi connectivity index (χ1n) is 9.71. The maximum Gasteiger partial charge on any atom is 0.223 e. The van der Waals surface area contributed by atoms with Gasteiger partial charge in [0, 0.05) is 20.0 Å². The van der Waals surface area contributed by atoms with Gasteiger partial charge >= 0.3 is 0 Å². The van der Waals surface area contributed by atoms with Gasteiger partial charge in [0.2, 0.25) is 5.89 Å². The van der Waals surface area contributed by atoms with E-state index in [1.54, 1.807) is 14.0 Å². The van der Waals surface area contributed by atoms with Gasteiger partial charge in [-0.25, -0.2) is 0 Å². The highest BCUT2D eigenvalue weighted by atomic mass is 16.5. The molecule has 154 valence electrons. The van der Waals surface area contributed by atoms with Gasteiger partial charge in [0.25, 0.3) is 0 Å². The van der Waals surface area contributed by atoms with E-state index in [1.807, 2.05) is 25.2 Å². The van der Waals surface area contributed by atoms with Crippen molar-refractivity contribution in [2.24, 2.45) is 0 Å². The standard InChI is InChI=1S/C20H30N4O4/c1-15-21-20(22-28-15)13-23(2)11-16-6-7-18(19(10-16)26-3)27-14-17(25)12-24-8-4-5-9-24/h6-7,10,17,25H,4-5,8-9,11-14H2,1-3H3/t17-/m1/s1. The number of aliphatic hydroxyl groups excluding tert-OH is 1. The van der Waals surface area contributed by atoms with Crippen molar-refractivity contribution in [1.29, 1.82) is 0 Å². The van der Waals surface area contributed by atoms with Crippen LogP contribution >= 0.6 is 0 Å². The summed E-state index contributed by atoms with van der Waals surface area (Å²) in [5, 5.41) is 14.1. The Bertz CT molecular complexity index is 746. The molecule has 0 unspecified atom stereocenters. The van der Waals surface area contributed by atoms with Crippen LogP contribution in [0.25, 0.3) is 0 Å². The van der Waals surface area contributed by atoms with Crippen molar-refractivity contribution in [3.8, 4) is 11.5 Å². The van der Waals surface area contributed by atoms with Gasteiger partial charge < -0.3 is 24.0 Å². The number of nitrogens with zero attached hydrogens (tertiary/aromatic N) is 4. The molecule has 1 aliphatic heterocycles. The van der Waals surface area contributed by atoms with Gasteiger partial charge in [-0.2, -0.15) is 4.98 Å². The first-order valence-corrected chi connectivity index (χ1v) is 9.71. The second kappa shape index (κ2) is 9.86. The molecule has 28 heavy (non-hydrogen) atoms. The van der Waals surface area contributed by atoms with Crippen molar-refractivity contribution >= 4 is 0 Å². The first kappa shape index (κ1) is 20.6. The highest BCUT2D eigenvalue weighted by molar-refractivity contribution is 5.43. The van der Waals surface area contributed by atoms with Gasteiger partial charge in [0.15, 0.2) is 17.3 Å². The molecule has 0 amide bonds. The highest BCUT2D eigenvalue weighted by Gasteiger charge is 2.17. The highest BCUT2D eigenvalue weighted by Crippen LogP contribution is 2.28. The number of hydrogen-bond donors (Lipinski definition) is 1. The summed E-state index contributed by atoms with van der Waals surface area (Å²) < 4.78 is 16.3. The summed E-state index contributed by atoms with van der Waals surface area (Å²) in [6, 6.07) is 5.85. The number of methoxy groups -OCH3 is 1. The van der Waals surface area contributed by atoms with Crippen LogP contribution < -0.4 is 9.47 Å². The van der Waals surface area contributed by atoms with Gasteiger partial charge in [-0.1, -0.05) is 11.2 Å². The molecular weight excluding hydrogens is 360 g/mol. The smallest absolute Gasteiger partial charge is 0.223 e. The van der Waals surface area contributed by atoms with Crippen LogP contribution in [0, 0.1) is 6.92 Å². The molecule has 0 spiro atoms. The molecule has 1 aromatic heterocycles. The van der Waals surface area contributed by atoms with Crippen molar-refractivity contribution in [1.82, 2.24) is 19.9 Å². The number of aromatic nitrogens is 2. The number of hydrogen-bond acceptors (Lipinski definition) is 8. The lowest BCUT2D eigenvalue weighted by molar-refractivity contribution is 0.0747. The minimum absolute atomic E-state index is 0.253. The maximum atomic E-state index is 10.2. The van der Waals surface area contributed by atoms with Crippen LogP contribution in [0.4, 0.5) is 0 Å². The van der Waals surface area contributed by atoms with Crippen molar-refractivity contribution in [3.05, 3.63) is 35.5 Å². The van der Waals surface area contributed by atoms with E-state index in [1.165, 1.54) is 12.8 Å². The predicted molar refractivity (Wildman–Crippen MR) is 104 cm³/mol. The summed E-state index contributed by atoms with van der Waals surface area (Å²) >= 11 is 0. The van der Waals surface area contributed by atoms with E-state index in [0.717, 1.165) is 18.7 Å². The molecule has 2 aromatic rings. The van der Waals surface area contributed by atoms with Crippen molar-refractivity contribution < 1.29 is 19.1 Å². The Labute approximate surface area is 166 Å². The second-order valence-corrected chi connectivity index (χ2v) is 7.36. The lowest BCUT2D eigenvalue weighted by Gasteiger charge is -2.20. The molecule has 1 fully saturated rings. The number of ether oxygens (including phenoxy) is 2. The van der Waals surface area contributed by atoms with Crippen molar-refractivity contribution in [2.45, 2.75) is 39.0 Å². The summed E-state index contributed by atoms with van der Waals surface area (Å²) in [5.41, 5.74) is 1.09. The molecule has 8 heteroatoms. The van der Waals surface area contributed by atoms with Gasteiger partial charge in [-0.15, -0.1) is 0 Å². The van der Waals surface area contributed by atoms with E-state index in [2.05, 4.69) is 19.9 Å². The first-order chi connectivity index (χ1) is 13.5. The lowest BCUT2D eigenvalue weighted by Crippen LogP contribution is -2.33.